The Morgan fingerprint density at radius 3 is 2.50 bits per heavy atom. The summed E-state index contributed by atoms with van der Waals surface area (Å²) in [5.41, 5.74) is 2.36. The fourth-order valence-electron chi connectivity index (χ4n) is 2.72. The van der Waals surface area contributed by atoms with E-state index in [0.29, 0.717) is 5.56 Å². The molecule has 2 aromatic carbocycles. The molecule has 1 heterocycles. The van der Waals surface area contributed by atoms with Gasteiger partial charge in [-0.1, -0.05) is 48.5 Å². The zero-order valence-corrected chi connectivity index (χ0v) is 13.4. The summed E-state index contributed by atoms with van der Waals surface area (Å²) in [7, 11) is 1.57. The molecule has 0 fully saturated rings. The zero-order chi connectivity index (χ0) is 16.9. The summed E-state index contributed by atoms with van der Waals surface area (Å²) in [6.07, 6.45) is 1.73. The molecule has 5 nitrogen and oxygen atoms in total. The van der Waals surface area contributed by atoms with Gasteiger partial charge in [0.05, 0.1) is 12.6 Å². The molecule has 0 unspecified atom stereocenters. The number of H-pyrrole nitrogens is 1. The highest BCUT2D eigenvalue weighted by molar-refractivity contribution is 6.10. The predicted octanol–water partition coefficient (Wildman–Crippen LogP) is 2.43. The van der Waals surface area contributed by atoms with Gasteiger partial charge in [-0.15, -0.1) is 0 Å². The maximum Gasteiger partial charge on any atom is 0.233 e. The van der Waals surface area contributed by atoms with Crippen LogP contribution in [0.2, 0.25) is 0 Å². The van der Waals surface area contributed by atoms with Crippen LogP contribution in [0.15, 0.2) is 60.8 Å². The Balaban J connectivity index is 1.95. The van der Waals surface area contributed by atoms with E-state index in [9.17, 15) is 9.59 Å². The summed E-state index contributed by atoms with van der Waals surface area (Å²) in [6.45, 7) is 0.0736. The van der Waals surface area contributed by atoms with Crippen LogP contribution >= 0.6 is 0 Å². The van der Waals surface area contributed by atoms with Crippen molar-refractivity contribution in [3.8, 4) is 0 Å². The highest BCUT2D eigenvalue weighted by Gasteiger charge is 2.24. The third-order valence-electron chi connectivity index (χ3n) is 4.00. The molecule has 3 N–H and O–H groups in total. The number of ketones is 1. The number of Topliss-reactive ketones (excluding diaryl/α,β-unsaturated/α-hetero) is 1. The highest BCUT2D eigenvalue weighted by atomic mass is 16.2. The molecule has 0 saturated carbocycles. The maximum absolute atomic E-state index is 13.1. The van der Waals surface area contributed by atoms with Crippen LogP contribution in [0.3, 0.4) is 0 Å². The van der Waals surface area contributed by atoms with E-state index >= 15 is 0 Å². The number of carbonyl (C=O) groups excluding carboxylic acids is 2. The molecular weight excluding hydrogens is 302 g/mol. The minimum atomic E-state index is -0.581. The Morgan fingerprint density at radius 2 is 1.75 bits per heavy atom. The first-order valence-electron chi connectivity index (χ1n) is 7.80. The molecule has 1 atom stereocenters. The van der Waals surface area contributed by atoms with Crippen molar-refractivity contribution < 1.29 is 9.59 Å². The molecule has 0 radical (unpaired) electrons. The number of likely N-dealkylation sites (N-methyl/N-ethyl adjacent to an activating group) is 1. The maximum atomic E-state index is 13.1. The topological polar surface area (TPSA) is 74.0 Å². The lowest BCUT2D eigenvalue weighted by Gasteiger charge is -2.17. The molecular formula is C19H19N3O2. The molecule has 0 bridgehead atoms. The Hall–Kier alpha value is -2.92. The number of benzene rings is 2. The first kappa shape index (κ1) is 16.0. The van der Waals surface area contributed by atoms with Gasteiger partial charge in [0.2, 0.25) is 5.91 Å². The lowest BCUT2D eigenvalue weighted by Crippen LogP contribution is -2.37. The van der Waals surface area contributed by atoms with E-state index in [2.05, 4.69) is 15.6 Å². The van der Waals surface area contributed by atoms with Gasteiger partial charge < -0.3 is 10.3 Å². The van der Waals surface area contributed by atoms with Crippen molar-refractivity contribution in [1.82, 2.24) is 15.6 Å². The van der Waals surface area contributed by atoms with Crippen LogP contribution in [0.4, 0.5) is 0 Å². The van der Waals surface area contributed by atoms with Crippen molar-refractivity contribution in [2.24, 2.45) is 0 Å². The van der Waals surface area contributed by atoms with Gasteiger partial charge in [-0.25, -0.2) is 0 Å². The number of para-hydroxylation sites is 1. The van der Waals surface area contributed by atoms with Crippen LogP contribution in [-0.4, -0.2) is 30.3 Å². The molecule has 5 heteroatoms. The van der Waals surface area contributed by atoms with E-state index in [4.69, 9.17) is 0 Å². The minimum Gasteiger partial charge on any atom is -0.360 e. The molecule has 122 valence electrons. The van der Waals surface area contributed by atoms with Crippen LogP contribution < -0.4 is 10.6 Å². The van der Waals surface area contributed by atoms with Crippen LogP contribution in [0.25, 0.3) is 10.9 Å². The predicted molar refractivity (Wildman–Crippen MR) is 93.9 cm³/mol. The third-order valence-corrected chi connectivity index (χ3v) is 4.00. The van der Waals surface area contributed by atoms with Gasteiger partial charge in [-0.05, 0) is 11.6 Å². The summed E-state index contributed by atoms with van der Waals surface area (Å²) < 4.78 is 0. The molecule has 0 aliphatic carbocycles. The average molecular weight is 321 g/mol. The molecule has 24 heavy (non-hydrogen) atoms. The molecule has 0 spiro atoms. The van der Waals surface area contributed by atoms with E-state index in [-0.39, 0.29) is 18.2 Å². The Bertz CT molecular complexity index is 855. The molecule has 1 amide bonds. The van der Waals surface area contributed by atoms with Gasteiger partial charge >= 0.3 is 0 Å². The van der Waals surface area contributed by atoms with Gasteiger partial charge in [0.15, 0.2) is 5.78 Å². The van der Waals surface area contributed by atoms with Crippen molar-refractivity contribution in [1.29, 1.82) is 0 Å². The lowest BCUT2D eigenvalue weighted by atomic mass is 9.97. The van der Waals surface area contributed by atoms with E-state index in [1.54, 1.807) is 13.2 Å². The second kappa shape index (κ2) is 7.10. The molecule has 3 aromatic rings. The number of fused-ring (bicyclic) bond motifs is 1. The molecule has 0 aliphatic rings. The van der Waals surface area contributed by atoms with E-state index in [1.165, 1.54) is 0 Å². The highest BCUT2D eigenvalue weighted by Crippen LogP contribution is 2.24. The quantitative estimate of drug-likeness (QED) is 0.611. The number of amides is 1. The van der Waals surface area contributed by atoms with E-state index in [0.717, 1.165) is 16.5 Å². The van der Waals surface area contributed by atoms with Crippen molar-refractivity contribution in [2.45, 2.75) is 6.04 Å². The number of nitrogens with one attached hydrogen (secondary N) is 3. The van der Waals surface area contributed by atoms with Crippen LogP contribution in [0.1, 0.15) is 22.0 Å². The Morgan fingerprint density at radius 1 is 1.04 bits per heavy atom. The van der Waals surface area contributed by atoms with Gasteiger partial charge in [0.25, 0.3) is 0 Å². The minimum absolute atomic E-state index is 0.0671. The number of hydrogen-bond acceptors (Lipinski definition) is 3. The molecule has 0 aliphatic heterocycles. The number of aromatic amines is 1. The van der Waals surface area contributed by atoms with Crippen LogP contribution in [-0.2, 0) is 4.79 Å². The monoisotopic (exact) mass is 321 g/mol. The first-order valence-corrected chi connectivity index (χ1v) is 7.80. The molecule has 3 rings (SSSR count). The van der Waals surface area contributed by atoms with Crippen LogP contribution in [0, 0.1) is 0 Å². The smallest absolute Gasteiger partial charge is 0.233 e. The fraction of sp³-hybridized carbons (Fsp3) is 0.158. The van der Waals surface area contributed by atoms with Gasteiger partial charge in [-0.2, -0.15) is 0 Å². The van der Waals surface area contributed by atoms with Gasteiger partial charge in [-0.3, -0.25) is 14.9 Å². The van der Waals surface area contributed by atoms with Crippen molar-refractivity contribution in [3.05, 3.63) is 71.9 Å². The average Bonchev–Trinajstić information content (AvgIpc) is 3.06. The van der Waals surface area contributed by atoms with E-state index in [1.807, 2.05) is 54.6 Å². The summed E-state index contributed by atoms with van der Waals surface area (Å²) in [6, 6.07) is 16.5. The fourth-order valence-corrected chi connectivity index (χ4v) is 2.72. The summed E-state index contributed by atoms with van der Waals surface area (Å²) in [5.74, 6) is -0.231. The van der Waals surface area contributed by atoms with E-state index < -0.39 is 6.04 Å². The van der Waals surface area contributed by atoms with Gasteiger partial charge in [0, 0.05) is 29.7 Å². The number of rotatable bonds is 6. The third kappa shape index (κ3) is 3.21. The zero-order valence-electron chi connectivity index (χ0n) is 13.4. The normalized spacial score (nSPS) is 12.0. The number of aromatic nitrogens is 1. The van der Waals surface area contributed by atoms with Crippen LogP contribution in [0.5, 0.6) is 0 Å². The van der Waals surface area contributed by atoms with Gasteiger partial charge in [0.1, 0.15) is 0 Å². The number of carbonyl (C=O) groups is 2. The lowest BCUT2D eigenvalue weighted by molar-refractivity contribution is -0.119. The number of hydrogen-bond donors (Lipinski definition) is 3. The largest absolute Gasteiger partial charge is 0.360 e. The Labute approximate surface area is 140 Å². The summed E-state index contributed by atoms with van der Waals surface area (Å²) in [4.78, 5) is 27.8. The van der Waals surface area contributed by atoms with Crippen molar-refractivity contribution in [2.75, 3.05) is 13.6 Å². The first-order chi connectivity index (χ1) is 11.7. The SMILES string of the molecule is CNC(=O)CN[C@H](C(=O)c1c[nH]c2ccccc12)c1ccccc1. The second-order valence-corrected chi connectivity index (χ2v) is 5.51. The standard InChI is InChI=1S/C19H19N3O2/c1-20-17(23)12-22-18(13-7-3-2-4-8-13)19(24)15-11-21-16-10-6-5-9-14(15)16/h2-11,18,21-22H,12H2,1H3,(H,20,23)/t18-/m0/s1. The molecule has 1 aromatic heterocycles. The summed E-state index contributed by atoms with van der Waals surface area (Å²) >= 11 is 0. The Kier molecular flexibility index (Phi) is 4.72. The molecule has 0 saturated heterocycles. The van der Waals surface area contributed by atoms with Crippen molar-refractivity contribution >= 4 is 22.6 Å². The summed E-state index contributed by atoms with van der Waals surface area (Å²) in [5, 5.41) is 6.50. The second-order valence-electron chi connectivity index (χ2n) is 5.51. The van der Waals surface area contributed by atoms with Crippen molar-refractivity contribution in [3.63, 3.8) is 0 Å².